The monoisotopic (exact) mass is 448 g/mol. The predicted octanol–water partition coefficient (Wildman–Crippen LogP) is 2.72. The van der Waals surface area contributed by atoms with Crippen LogP contribution in [0.15, 0.2) is 70.0 Å². The largest absolute Gasteiger partial charge is 0.450 e. The molecule has 0 atom stereocenters. The molecule has 3 N–H and O–H groups in total. The van der Waals surface area contributed by atoms with E-state index in [9.17, 15) is 18.0 Å². The molecule has 0 saturated carbocycles. The van der Waals surface area contributed by atoms with E-state index in [2.05, 4.69) is 5.32 Å². The Kier molecular flexibility index (Phi) is 6.56. The first-order chi connectivity index (χ1) is 14.2. The molecule has 0 unspecified atom stereocenters. The number of amides is 1. The van der Waals surface area contributed by atoms with Gasteiger partial charge in [-0.05, 0) is 42.0 Å². The number of esters is 1. The standard InChI is InChI=1S/C20H17ClN2O6S/c21-16-4-2-1-3-15(16)17-9-10-18(29-17)20(25)28-12-19(24)23-11-13-5-7-14(8-6-13)30(22,26)27/h1-10H,11-12H2,(H,23,24)(H2,22,26,27). The second-order valence-electron chi connectivity index (χ2n) is 6.19. The van der Waals surface area contributed by atoms with Gasteiger partial charge in [0.15, 0.2) is 6.61 Å². The molecule has 10 heteroatoms. The molecule has 0 spiro atoms. The maximum Gasteiger partial charge on any atom is 0.374 e. The number of furan rings is 1. The van der Waals surface area contributed by atoms with E-state index in [1.807, 2.05) is 0 Å². The second-order valence-corrected chi connectivity index (χ2v) is 8.15. The van der Waals surface area contributed by atoms with Crippen LogP contribution in [0.3, 0.4) is 0 Å². The summed E-state index contributed by atoms with van der Waals surface area (Å²) in [5.74, 6) is -0.978. The fourth-order valence-corrected chi connectivity index (χ4v) is 3.25. The molecule has 8 nitrogen and oxygen atoms in total. The fourth-order valence-electron chi connectivity index (χ4n) is 2.50. The van der Waals surface area contributed by atoms with Gasteiger partial charge in [0.1, 0.15) is 5.76 Å². The summed E-state index contributed by atoms with van der Waals surface area (Å²) in [4.78, 5) is 24.0. The van der Waals surface area contributed by atoms with Crippen LogP contribution in [0.1, 0.15) is 16.1 Å². The van der Waals surface area contributed by atoms with Gasteiger partial charge in [0.2, 0.25) is 15.8 Å². The molecule has 2 aromatic carbocycles. The highest BCUT2D eigenvalue weighted by atomic mass is 35.5. The van der Waals surface area contributed by atoms with Gasteiger partial charge in [0.25, 0.3) is 5.91 Å². The molecule has 1 amide bonds. The number of hydrogen-bond donors (Lipinski definition) is 2. The Morgan fingerprint density at radius 2 is 1.73 bits per heavy atom. The van der Waals surface area contributed by atoms with Crippen molar-refractivity contribution in [2.75, 3.05) is 6.61 Å². The third-order valence-electron chi connectivity index (χ3n) is 4.02. The van der Waals surface area contributed by atoms with Crippen molar-refractivity contribution in [2.24, 2.45) is 5.14 Å². The summed E-state index contributed by atoms with van der Waals surface area (Å²) in [5.41, 5.74) is 1.28. The highest BCUT2D eigenvalue weighted by Crippen LogP contribution is 2.29. The third kappa shape index (κ3) is 5.47. The zero-order valence-corrected chi connectivity index (χ0v) is 17.1. The van der Waals surface area contributed by atoms with Crippen molar-refractivity contribution >= 4 is 33.5 Å². The number of primary sulfonamides is 1. The van der Waals surface area contributed by atoms with Gasteiger partial charge in [-0.1, -0.05) is 35.9 Å². The van der Waals surface area contributed by atoms with E-state index >= 15 is 0 Å². The molecule has 1 aromatic heterocycles. The van der Waals surface area contributed by atoms with Gasteiger partial charge < -0.3 is 14.5 Å². The van der Waals surface area contributed by atoms with Crippen LogP contribution in [0.5, 0.6) is 0 Å². The van der Waals surface area contributed by atoms with Gasteiger partial charge in [-0.15, -0.1) is 0 Å². The highest BCUT2D eigenvalue weighted by Gasteiger charge is 2.16. The summed E-state index contributed by atoms with van der Waals surface area (Å²) in [6, 6.07) is 15.7. The average molecular weight is 449 g/mol. The lowest BCUT2D eigenvalue weighted by Gasteiger charge is -2.06. The van der Waals surface area contributed by atoms with Crippen LogP contribution in [0.25, 0.3) is 11.3 Å². The molecule has 3 rings (SSSR count). The summed E-state index contributed by atoms with van der Waals surface area (Å²) >= 11 is 6.10. The first-order valence-corrected chi connectivity index (χ1v) is 10.6. The smallest absolute Gasteiger partial charge is 0.374 e. The molecule has 0 bridgehead atoms. The van der Waals surface area contributed by atoms with Crippen LogP contribution in [0.2, 0.25) is 5.02 Å². The first kappa shape index (κ1) is 21.6. The molecule has 30 heavy (non-hydrogen) atoms. The Bertz CT molecular complexity index is 1170. The van der Waals surface area contributed by atoms with Gasteiger partial charge in [-0.2, -0.15) is 0 Å². The summed E-state index contributed by atoms with van der Waals surface area (Å²) in [6.45, 7) is -0.380. The molecular formula is C20H17ClN2O6S. The third-order valence-corrected chi connectivity index (χ3v) is 5.28. The molecule has 0 aliphatic rings. The van der Waals surface area contributed by atoms with Crippen LogP contribution in [0, 0.1) is 0 Å². The second kappa shape index (κ2) is 9.12. The maximum atomic E-state index is 12.1. The lowest BCUT2D eigenvalue weighted by molar-refractivity contribution is -0.124. The Hall–Kier alpha value is -3.14. The Balaban J connectivity index is 1.50. The molecule has 1 heterocycles. The SMILES string of the molecule is NS(=O)(=O)c1ccc(CNC(=O)COC(=O)c2ccc(-c3ccccc3Cl)o2)cc1. The number of ether oxygens (including phenoxy) is 1. The number of rotatable bonds is 7. The number of halogens is 1. The van der Waals surface area contributed by atoms with Crippen LogP contribution in [0.4, 0.5) is 0 Å². The Morgan fingerprint density at radius 1 is 1.03 bits per heavy atom. The zero-order valence-electron chi connectivity index (χ0n) is 15.5. The number of carbonyl (C=O) groups excluding carboxylic acids is 2. The Labute approximate surface area is 177 Å². The molecule has 0 fully saturated rings. The van der Waals surface area contributed by atoms with Crippen LogP contribution >= 0.6 is 11.6 Å². The van der Waals surface area contributed by atoms with Crippen molar-refractivity contribution in [1.29, 1.82) is 0 Å². The van der Waals surface area contributed by atoms with Gasteiger partial charge in [-0.25, -0.2) is 18.4 Å². The van der Waals surface area contributed by atoms with Crippen molar-refractivity contribution < 1.29 is 27.2 Å². The van der Waals surface area contributed by atoms with Crippen LogP contribution in [-0.2, 0) is 26.1 Å². The number of carbonyl (C=O) groups is 2. The predicted molar refractivity (Wildman–Crippen MR) is 109 cm³/mol. The summed E-state index contributed by atoms with van der Waals surface area (Å²) in [6.07, 6.45) is 0. The van der Waals surface area contributed by atoms with Gasteiger partial charge >= 0.3 is 5.97 Å². The lowest BCUT2D eigenvalue weighted by atomic mass is 10.2. The van der Waals surface area contributed by atoms with Crippen molar-refractivity contribution in [2.45, 2.75) is 11.4 Å². The van der Waals surface area contributed by atoms with E-state index in [-0.39, 0.29) is 17.2 Å². The van der Waals surface area contributed by atoms with E-state index in [4.69, 9.17) is 25.9 Å². The van der Waals surface area contributed by atoms with Crippen molar-refractivity contribution in [1.82, 2.24) is 5.32 Å². The van der Waals surface area contributed by atoms with E-state index in [0.29, 0.717) is 21.9 Å². The summed E-state index contributed by atoms with van der Waals surface area (Å²) in [7, 11) is -3.77. The van der Waals surface area contributed by atoms with Crippen molar-refractivity contribution in [3.8, 4) is 11.3 Å². The molecule has 0 radical (unpaired) electrons. The van der Waals surface area contributed by atoms with E-state index in [0.717, 1.165) is 0 Å². The van der Waals surface area contributed by atoms with Crippen molar-refractivity contribution in [3.63, 3.8) is 0 Å². The van der Waals surface area contributed by atoms with Crippen molar-refractivity contribution in [3.05, 3.63) is 77.0 Å². The van der Waals surface area contributed by atoms with Gasteiger partial charge in [0, 0.05) is 12.1 Å². The number of nitrogens with one attached hydrogen (secondary N) is 1. The minimum absolute atomic E-state index is 0.0267. The topological polar surface area (TPSA) is 129 Å². The molecule has 0 aliphatic heterocycles. The maximum absolute atomic E-state index is 12.1. The minimum Gasteiger partial charge on any atom is -0.450 e. The molecular weight excluding hydrogens is 432 g/mol. The van der Waals surface area contributed by atoms with Gasteiger partial charge in [-0.3, -0.25) is 4.79 Å². The lowest BCUT2D eigenvalue weighted by Crippen LogP contribution is -2.28. The zero-order chi connectivity index (χ0) is 21.7. The highest BCUT2D eigenvalue weighted by molar-refractivity contribution is 7.89. The molecule has 0 aliphatic carbocycles. The van der Waals surface area contributed by atoms with E-state index < -0.39 is 28.5 Å². The minimum atomic E-state index is -3.77. The van der Waals surface area contributed by atoms with E-state index in [1.54, 1.807) is 30.3 Å². The number of hydrogen-bond acceptors (Lipinski definition) is 6. The number of sulfonamides is 1. The fraction of sp³-hybridized carbons (Fsp3) is 0.100. The van der Waals surface area contributed by atoms with Crippen LogP contribution in [-0.4, -0.2) is 26.9 Å². The van der Waals surface area contributed by atoms with E-state index in [1.165, 1.54) is 30.3 Å². The first-order valence-electron chi connectivity index (χ1n) is 8.64. The summed E-state index contributed by atoms with van der Waals surface area (Å²) < 4.78 is 32.9. The molecule has 156 valence electrons. The normalized spacial score (nSPS) is 11.1. The average Bonchev–Trinajstić information content (AvgIpc) is 3.20. The molecule has 3 aromatic rings. The number of nitrogens with two attached hydrogens (primary N) is 1. The quantitative estimate of drug-likeness (QED) is 0.534. The Morgan fingerprint density at radius 3 is 2.40 bits per heavy atom. The van der Waals surface area contributed by atoms with Gasteiger partial charge in [0.05, 0.1) is 9.92 Å². The molecule has 0 saturated heterocycles. The number of benzene rings is 2. The summed E-state index contributed by atoms with van der Waals surface area (Å²) in [5, 5.41) is 8.06. The van der Waals surface area contributed by atoms with Crippen LogP contribution < -0.4 is 10.5 Å².